The molecule has 1 heterocycles. The number of hydrogen-bond donors (Lipinski definition) is 0. The monoisotopic (exact) mass is 170 g/mol. The van der Waals surface area contributed by atoms with Crippen molar-refractivity contribution in [2.75, 3.05) is 6.61 Å². The standard InChI is InChI=1S/C9H14O3/c1-3-11-8(10)9(2)4-6-7(5-9)12-6/h6-7H,3-5H2,1-2H3/t6-,7+,9+. The summed E-state index contributed by atoms with van der Waals surface area (Å²) in [6, 6.07) is 0. The summed E-state index contributed by atoms with van der Waals surface area (Å²) in [5.74, 6) is -0.0548. The van der Waals surface area contributed by atoms with Crippen molar-refractivity contribution < 1.29 is 14.3 Å². The van der Waals surface area contributed by atoms with E-state index in [9.17, 15) is 4.79 Å². The smallest absolute Gasteiger partial charge is 0.311 e. The van der Waals surface area contributed by atoms with Crippen LogP contribution >= 0.6 is 0 Å². The predicted molar refractivity (Wildman–Crippen MR) is 42.6 cm³/mol. The normalized spacial score (nSPS) is 43.8. The van der Waals surface area contributed by atoms with Crippen molar-refractivity contribution in [3.8, 4) is 0 Å². The predicted octanol–water partition coefficient (Wildman–Crippen LogP) is 1.12. The Morgan fingerprint density at radius 2 is 2.17 bits per heavy atom. The van der Waals surface area contributed by atoms with Crippen LogP contribution in [0.1, 0.15) is 26.7 Å². The second kappa shape index (κ2) is 2.46. The highest BCUT2D eigenvalue weighted by Crippen LogP contribution is 2.50. The molecule has 3 nitrogen and oxygen atoms in total. The number of fused-ring (bicyclic) bond motifs is 1. The molecule has 0 N–H and O–H groups in total. The third kappa shape index (κ3) is 1.12. The molecular formula is C9H14O3. The molecule has 0 aromatic carbocycles. The highest BCUT2D eigenvalue weighted by atomic mass is 16.6. The first kappa shape index (κ1) is 8.05. The third-order valence-electron chi connectivity index (χ3n) is 2.76. The minimum Gasteiger partial charge on any atom is -0.466 e. The van der Waals surface area contributed by atoms with Crippen molar-refractivity contribution in [3.63, 3.8) is 0 Å². The summed E-state index contributed by atoms with van der Waals surface area (Å²) in [4.78, 5) is 11.5. The highest BCUT2D eigenvalue weighted by molar-refractivity contribution is 5.77. The molecule has 0 aromatic rings. The summed E-state index contributed by atoms with van der Waals surface area (Å²) in [5.41, 5.74) is -0.260. The molecule has 0 bridgehead atoms. The van der Waals surface area contributed by atoms with E-state index < -0.39 is 0 Å². The number of epoxide rings is 1. The van der Waals surface area contributed by atoms with E-state index in [1.54, 1.807) is 0 Å². The lowest BCUT2D eigenvalue weighted by molar-refractivity contribution is -0.155. The summed E-state index contributed by atoms with van der Waals surface area (Å²) < 4.78 is 10.3. The van der Waals surface area contributed by atoms with E-state index in [0.29, 0.717) is 18.8 Å². The van der Waals surface area contributed by atoms with Crippen LogP contribution in [0.5, 0.6) is 0 Å². The Morgan fingerprint density at radius 1 is 1.58 bits per heavy atom. The van der Waals surface area contributed by atoms with Crippen LogP contribution in [0.2, 0.25) is 0 Å². The van der Waals surface area contributed by atoms with Gasteiger partial charge in [-0.2, -0.15) is 0 Å². The Bertz CT molecular complexity index is 202. The average Bonchev–Trinajstić information content (AvgIpc) is 2.61. The van der Waals surface area contributed by atoms with Gasteiger partial charge in [0.05, 0.1) is 24.2 Å². The second-order valence-electron chi connectivity index (χ2n) is 3.90. The zero-order chi connectivity index (χ0) is 8.77. The van der Waals surface area contributed by atoms with Crippen LogP contribution in [0.3, 0.4) is 0 Å². The van der Waals surface area contributed by atoms with Gasteiger partial charge in [-0.05, 0) is 26.7 Å². The molecule has 3 heteroatoms. The average molecular weight is 170 g/mol. The third-order valence-corrected chi connectivity index (χ3v) is 2.76. The molecule has 0 radical (unpaired) electrons. The summed E-state index contributed by atoms with van der Waals surface area (Å²) >= 11 is 0. The first-order valence-corrected chi connectivity index (χ1v) is 4.48. The lowest BCUT2D eigenvalue weighted by Gasteiger charge is -2.22. The van der Waals surface area contributed by atoms with Crippen molar-refractivity contribution >= 4 is 5.97 Å². The summed E-state index contributed by atoms with van der Waals surface area (Å²) in [5, 5.41) is 0. The van der Waals surface area contributed by atoms with Gasteiger partial charge in [0.15, 0.2) is 0 Å². The minimum atomic E-state index is -0.260. The van der Waals surface area contributed by atoms with Crippen LogP contribution in [0.4, 0.5) is 0 Å². The van der Waals surface area contributed by atoms with Crippen LogP contribution in [0, 0.1) is 5.41 Å². The van der Waals surface area contributed by atoms with Crippen molar-refractivity contribution in [1.82, 2.24) is 0 Å². The Hall–Kier alpha value is -0.570. The van der Waals surface area contributed by atoms with E-state index in [1.165, 1.54) is 0 Å². The molecule has 12 heavy (non-hydrogen) atoms. The lowest BCUT2D eigenvalue weighted by Crippen LogP contribution is -2.29. The molecule has 3 atom stereocenters. The van der Waals surface area contributed by atoms with E-state index in [2.05, 4.69) is 0 Å². The van der Waals surface area contributed by atoms with Crippen LogP contribution in [0.15, 0.2) is 0 Å². The van der Waals surface area contributed by atoms with Gasteiger partial charge < -0.3 is 9.47 Å². The molecule has 1 saturated carbocycles. The summed E-state index contributed by atoms with van der Waals surface area (Å²) in [6.45, 7) is 4.29. The van der Waals surface area contributed by atoms with Crippen LogP contribution < -0.4 is 0 Å². The fraction of sp³-hybridized carbons (Fsp3) is 0.889. The number of esters is 1. The molecular weight excluding hydrogens is 156 g/mol. The van der Waals surface area contributed by atoms with Crippen molar-refractivity contribution in [1.29, 1.82) is 0 Å². The van der Waals surface area contributed by atoms with Crippen LogP contribution in [-0.4, -0.2) is 24.8 Å². The van der Waals surface area contributed by atoms with E-state index >= 15 is 0 Å². The molecule has 0 unspecified atom stereocenters. The lowest BCUT2D eigenvalue weighted by atomic mass is 9.88. The zero-order valence-corrected chi connectivity index (χ0v) is 7.50. The van der Waals surface area contributed by atoms with Gasteiger partial charge in [-0.15, -0.1) is 0 Å². The largest absolute Gasteiger partial charge is 0.466 e. The number of rotatable bonds is 2. The fourth-order valence-electron chi connectivity index (χ4n) is 1.98. The minimum absolute atomic E-state index is 0.0548. The molecule has 1 aliphatic carbocycles. The molecule has 2 rings (SSSR count). The first-order valence-electron chi connectivity index (χ1n) is 4.48. The number of ether oxygens (including phenoxy) is 2. The molecule has 0 aromatic heterocycles. The van der Waals surface area contributed by atoms with E-state index in [-0.39, 0.29) is 11.4 Å². The second-order valence-corrected chi connectivity index (χ2v) is 3.90. The first-order chi connectivity index (χ1) is 5.65. The summed E-state index contributed by atoms with van der Waals surface area (Å²) in [7, 11) is 0. The maximum Gasteiger partial charge on any atom is 0.311 e. The van der Waals surface area contributed by atoms with Crippen molar-refractivity contribution in [3.05, 3.63) is 0 Å². The molecule has 2 fully saturated rings. The Labute approximate surface area is 72.0 Å². The molecule has 0 spiro atoms. The van der Waals surface area contributed by atoms with Crippen LogP contribution in [0.25, 0.3) is 0 Å². The van der Waals surface area contributed by atoms with Crippen molar-refractivity contribution in [2.24, 2.45) is 5.41 Å². The van der Waals surface area contributed by atoms with Crippen LogP contribution in [-0.2, 0) is 14.3 Å². The van der Waals surface area contributed by atoms with Gasteiger partial charge in [0.2, 0.25) is 0 Å². The van der Waals surface area contributed by atoms with Gasteiger partial charge in [-0.1, -0.05) is 0 Å². The zero-order valence-electron chi connectivity index (χ0n) is 7.50. The van der Waals surface area contributed by atoms with Crippen molar-refractivity contribution in [2.45, 2.75) is 38.9 Å². The highest BCUT2D eigenvalue weighted by Gasteiger charge is 2.57. The van der Waals surface area contributed by atoms with E-state index in [4.69, 9.17) is 9.47 Å². The van der Waals surface area contributed by atoms with Gasteiger partial charge in [0.25, 0.3) is 0 Å². The van der Waals surface area contributed by atoms with Gasteiger partial charge in [0.1, 0.15) is 0 Å². The maximum atomic E-state index is 11.5. The Kier molecular flexibility index (Phi) is 1.65. The summed E-state index contributed by atoms with van der Waals surface area (Å²) in [6.07, 6.45) is 2.38. The van der Waals surface area contributed by atoms with Gasteiger partial charge in [-0.3, -0.25) is 4.79 Å². The van der Waals surface area contributed by atoms with Gasteiger partial charge >= 0.3 is 5.97 Å². The molecule has 0 amide bonds. The number of hydrogen-bond acceptors (Lipinski definition) is 3. The Morgan fingerprint density at radius 3 is 2.67 bits per heavy atom. The molecule has 68 valence electrons. The SMILES string of the molecule is CCOC(=O)[C@]1(C)C[C@@H]2O[C@@H]2C1. The maximum absolute atomic E-state index is 11.5. The topological polar surface area (TPSA) is 38.8 Å². The van der Waals surface area contributed by atoms with E-state index in [1.807, 2.05) is 13.8 Å². The number of carbonyl (C=O) groups is 1. The van der Waals surface area contributed by atoms with E-state index in [0.717, 1.165) is 12.8 Å². The quantitative estimate of drug-likeness (QED) is 0.460. The Balaban J connectivity index is 1.97. The number of carbonyl (C=O) groups excluding carboxylic acids is 1. The molecule has 1 aliphatic heterocycles. The van der Waals surface area contributed by atoms with Gasteiger partial charge in [0, 0.05) is 0 Å². The fourth-order valence-corrected chi connectivity index (χ4v) is 1.98. The van der Waals surface area contributed by atoms with Gasteiger partial charge in [-0.25, -0.2) is 0 Å². The molecule has 1 saturated heterocycles. The molecule has 2 aliphatic rings.